The molecule has 0 saturated carbocycles. The summed E-state index contributed by atoms with van der Waals surface area (Å²) in [5, 5.41) is 0. The Morgan fingerprint density at radius 2 is 2.14 bits per heavy atom. The fourth-order valence-corrected chi connectivity index (χ4v) is 2.24. The molecule has 0 radical (unpaired) electrons. The molecule has 3 heteroatoms. The number of hydrogen-bond acceptors (Lipinski definition) is 2. The predicted molar refractivity (Wildman–Crippen MR) is 62.9 cm³/mol. The number of nitrogens with two attached hydrogens (primary N) is 1. The van der Waals surface area contributed by atoms with Crippen LogP contribution < -0.4 is 10.5 Å². The summed E-state index contributed by atoms with van der Waals surface area (Å²) < 4.78 is 6.46. The summed E-state index contributed by atoms with van der Waals surface area (Å²) in [6.45, 7) is 4.76. The fourth-order valence-electron chi connectivity index (χ4n) is 1.53. The highest BCUT2D eigenvalue weighted by atomic mass is 79.9. The van der Waals surface area contributed by atoms with Gasteiger partial charge < -0.3 is 10.5 Å². The van der Waals surface area contributed by atoms with E-state index in [9.17, 15) is 0 Å². The highest BCUT2D eigenvalue weighted by Gasteiger charge is 2.15. The van der Waals surface area contributed by atoms with Crippen LogP contribution in [0.15, 0.2) is 16.6 Å². The molecule has 0 amide bonds. The third-order valence-electron chi connectivity index (χ3n) is 2.39. The average molecular weight is 258 g/mol. The molecular formula is C11H16BrNO. The maximum atomic E-state index is 5.67. The van der Waals surface area contributed by atoms with Gasteiger partial charge in [-0.05, 0) is 31.0 Å². The Hall–Kier alpha value is -0.540. The van der Waals surface area contributed by atoms with Gasteiger partial charge in [-0.3, -0.25) is 0 Å². The van der Waals surface area contributed by atoms with Crippen molar-refractivity contribution < 1.29 is 4.74 Å². The zero-order chi connectivity index (χ0) is 10.7. The molecular weight excluding hydrogens is 242 g/mol. The smallest absolute Gasteiger partial charge is 0.126 e. The van der Waals surface area contributed by atoms with Gasteiger partial charge in [-0.2, -0.15) is 0 Å². The molecule has 1 aromatic carbocycles. The van der Waals surface area contributed by atoms with Crippen LogP contribution >= 0.6 is 15.9 Å². The minimum atomic E-state index is 0.305. The predicted octanol–water partition coefficient (Wildman–Crippen LogP) is 2.83. The van der Waals surface area contributed by atoms with Crippen molar-refractivity contribution in [1.82, 2.24) is 0 Å². The third-order valence-corrected chi connectivity index (χ3v) is 3.08. The van der Waals surface area contributed by atoms with Crippen molar-refractivity contribution >= 4 is 15.9 Å². The Kier molecular flexibility index (Phi) is 3.96. The summed E-state index contributed by atoms with van der Waals surface area (Å²) in [5.74, 6) is 1.25. The molecule has 2 N–H and O–H groups in total. The van der Waals surface area contributed by atoms with E-state index >= 15 is 0 Å². The minimum absolute atomic E-state index is 0.305. The van der Waals surface area contributed by atoms with E-state index in [0.717, 1.165) is 21.3 Å². The lowest BCUT2D eigenvalue weighted by atomic mass is 9.98. The SMILES string of the molecule is COc1c(C)ccc(Br)c1C(C)CN. The average Bonchev–Trinajstić information content (AvgIpc) is 2.19. The van der Waals surface area contributed by atoms with Crippen molar-refractivity contribution in [2.24, 2.45) is 5.73 Å². The van der Waals surface area contributed by atoms with Crippen molar-refractivity contribution in [2.75, 3.05) is 13.7 Å². The molecule has 14 heavy (non-hydrogen) atoms. The van der Waals surface area contributed by atoms with Gasteiger partial charge in [-0.25, -0.2) is 0 Å². The molecule has 1 atom stereocenters. The summed E-state index contributed by atoms with van der Waals surface area (Å²) in [4.78, 5) is 0. The van der Waals surface area contributed by atoms with E-state index in [4.69, 9.17) is 10.5 Å². The second-order valence-electron chi connectivity index (χ2n) is 3.45. The van der Waals surface area contributed by atoms with Gasteiger partial charge in [0.25, 0.3) is 0 Å². The number of hydrogen-bond donors (Lipinski definition) is 1. The Morgan fingerprint density at radius 3 is 2.64 bits per heavy atom. The first-order valence-corrected chi connectivity index (χ1v) is 5.44. The Balaban J connectivity index is 3.29. The van der Waals surface area contributed by atoms with Gasteiger partial charge in [0.1, 0.15) is 5.75 Å². The van der Waals surface area contributed by atoms with E-state index in [1.165, 1.54) is 0 Å². The summed E-state index contributed by atoms with van der Waals surface area (Å²) in [7, 11) is 1.70. The van der Waals surface area contributed by atoms with Gasteiger partial charge in [0.05, 0.1) is 7.11 Å². The molecule has 1 aromatic rings. The number of rotatable bonds is 3. The fraction of sp³-hybridized carbons (Fsp3) is 0.455. The number of halogens is 1. The van der Waals surface area contributed by atoms with Gasteiger partial charge in [0.15, 0.2) is 0 Å². The van der Waals surface area contributed by atoms with Crippen LogP contribution in [0.1, 0.15) is 24.0 Å². The number of aryl methyl sites for hydroxylation is 1. The Morgan fingerprint density at radius 1 is 1.50 bits per heavy atom. The zero-order valence-electron chi connectivity index (χ0n) is 8.80. The molecule has 0 aliphatic heterocycles. The van der Waals surface area contributed by atoms with Crippen LogP contribution in [0.3, 0.4) is 0 Å². The molecule has 2 nitrogen and oxygen atoms in total. The lowest BCUT2D eigenvalue weighted by Crippen LogP contribution is -2.11. The second-order valence-corrected chi connectivity index (χ2v) is 4.30. The van der Waals surface area contributed by atoms with Gasteiger partial charge in [0, 0.05) is 10.0 Å². The second kappa shape index (κ2) is 4.80. The van der Waals surface area contributed by atoms with Crippen molar-refractivity contribution in [1.29, 1.82) is 0 Å². The molecule has 1 rings (SSSR count). The molecule has 0 aromatic heterocycles. The lowest BCUT2D eigenvalue weighted by molar-refractivity contribution is 0.403. The van der Waals surface area contributed by atoms with Crippen LogP contribution in [0, 0.1) is 6.92 Å². The molecule has 0 aliphatic carbocycles. The lowest BCUT2D eigenvalue weighted by Gasteiger charge is -2.17. The maximum Gasteiger partial charge on any atom is 0.126 e. The molecule has 0 bridgehead atoms. The molecule has 0 spiro atoms. The summed E-state index contributed by atoms with van der Waals surface area (Å²) in [6, 6.07) is 4.08. The van der Waals surface area contributed by atoms with Crippen LogP contribution in [0.5, 0.6) is 5.75 Å². The summed E-state index contributed by atoms with van der Waals surface area (Å²) >= 11 is 3.53. The number of benzene rings is 1. The van der Waals surface area contributed by atoms with Crippen LogP contribution in [0.25, 0.3) is 0 Å². The molecule has 0 saturated heterocycles. The first kappa shape index (κ1) is 11.5. The topological polar surface area (TPSA) is 35.2 Å². The minimum Gasteiger partial charge on any atom is -0.496 e. The molecule has 0 aliphatic rings. The first-order chi connectivity index (χ1) is 6.61. The van der Waals surface area contributed by atoms with Crippen molar-refractivity contribution in [3.8, 4) is 5.75 Å². The Bertz CT molecular complexity index is 325. The quantitative estimate of drug-likeness (QED) is 0.904. The van der Waals surface area contributed by atoms with Crippen molar-refractivity contribution in [2.45, 2.75) is 19.8 Å². The van der Waals surface area contributed by atoms with E-state index in [0.29, 0.717) is 12.5 Å². The molecule has 1 unspecified atom stereocenters. The standard InChI is InChI=1S/C11H16BrNO/c1-7-4-5-9(12)10(8(2)6-13)11(7)14-3/h4-5,8H,6,13H2,1-3H3. The van der Waals surface area contributed by atoms with Crippen LogP contribution in [0.2, 0.25) is 0 Å². The van der Waals surface area contributed by atoms with Gasteiger partial charge in [0.2, 0.25) is 0 Å². The van der Waals surface area contributed by atoms with Gasteiger partial charge in [-0.1, -0.05) is 28.9 Å². The van der Waals surface area contributed by atoms with E-state index in [2.05, 4.69) is 22.9 Å². The molecule has 0 fully saturated rings. The van der Waals surface area contributed by atoms with Crippen molar-refractivity contribution in [3.63, 3.8) is 0 Å². The van der Waals surface area contributed by atoms with Gasteiger partial charge >= 0.3 is 0 Å². The summed E-state index contributed by atoms with van der Waals surface area (Å²) in [6.07, 6.45) is 0. The highest BCUT2D eigenvalue weighted by Crippen LogP contribution is 2.35. The normalized spacial score (nSPS) is 12.6. The largest absolute Gasteiger partial charge is 0.496 e. The number of ether oxygens (including phenoxy) is 1. The maximum absolute atomic E-state index is 5.67. The third kappa shape index (κ3) is 2.10. The molecule has 78 valence electrons. The highest BCUT2D eigenvalue weighted by molar-refractivity contribution is 9.10. The van der Waals surface area contributed by atoms with E-state index in [-0.39, 0.29) is 0 Å². The van der Waals surface area contributed by atoms with Crippen molar-refractivity contribution in [3.05, 3.63) is 27.7 Å². The van der Waals surface area contributed by atoms with Crippen LogP contribution in [-0.4, -0.2) is 13.7 Å². The van der Waals surface area contributed by atoms with E-state index in [1.807, 2.05) is 19.1 Å². The summed E-state index contributed by atoms with van der Waals surface area (Å²) in [5.41, 5.74) is 7.98. The first-order valence-electron chi connectivity index (χ1n) is 4.64. The van der Waals surface area contributed by atoms with E-state index < -0.39 is 0 Å². The monoisotopic (exact) mass is 257 g/mol. The van der Waals surface area contributed by atoms with Crippen LogP contribution in [-0.2, 0) is 0 Å². The van der Waals surface area contributed by atoms with E-state index in [1.54, 1.807) is 7.11 Å². The van der Waals surface area contributed by atoms with Crippen LogP contribution in [0.4, 0.5) is 0 Å². The van der Waals surface area contributed by atoms with Gasteiger partial charge in [-0.15, -0.1) is 0 Å². The Labute approximate surface area is 93.6 Å². The number of methoxy groups -OCH3 is 1. The zero-order valence-corrected chi connectivity index (χ0v) is 10.4. The molecule has 0 heterocycles.